The van der Waals surface area contributed by atoms with Crippen molar-refractivity contribution in [3.63, 3.8) is 0 Å². The van der Waals surface area contributed by atoms with Gasteiger partial charge in [0.05, 0.1) is 15.6 Å². The topological polar surface area (TPSA) is 80.5 Å². The van der Waals surface area contributed by atoms with Crippen LogP contribution >= 0.6 is 23.4 Å². The lowest BCUT2D eigenvalue weighted by Crippen LogP contribution is -2.25. The van der Waals surface area contributed by atoms with Crippen LogP contribution in [0.5, 0.6) is 0 Å². The second-order valence-corrected chi connectivity index (χ2v) is 6.22. The van der Waals surface area contributed by atoms with E-state index in [4.69, 9.17) is 11.6 Å². The van der Waals surface area contributed by atoms with Gasteiger partial charge in [0.25, 0.3) is 5.69 Å². The number of hydrogen-bond donors (Lipinski definition) is 0. The van der Waals surface area contributed by atoms with Crippen molar-refractivity contribution in [2.24, 2.45) is 0 Å². The molecule has 0 N–H and O–H groups in total. The number of benzene rings is 1. The average molecular weight is 315 g/mol. The van der Waals surface area contributed by atoms with E-state index in [0.29, 0.717) is 12.2 Å². The molecule has 0 aliphatic carbocycles. The number of halogens is 1. The summed E-state index contributed by atoms with van der Waals surface area (Å²) in [6, 6.07) is 3.96. The number of rotatable bonds is 3. The zero-order valence-electron chi connectivity index (χ0n) is 10.5. The van der Waals surface area contributed by atoms with Crippen molar-refractivity contribution in [1.82, 2.24) is 0 Å². The smallest absolute Gasteiger partial charge is 0.271 e. The second kappa shape index (κ2) is 5.80. The Hall–Kier alpha value is -1.60. The van der Waals surface area contributed by atoms with E-state index < -0.39 is 4.92 Å². The van der Waals surface area contributed by atoms with Crippen LogP contribution in [0, 0.1) is 10.1 Å². The van der Waals surface area contributed by atoms with Crippen LogP contribution in [0.2, 0.25) is 5.02 Å². The summed E-state index contributed by atoms with van der Waals surface area (Å²) in [5, 5.41) is 10.9. The van der Waals surface area contributed by atoms with Crippen molar-refractivity contribution < 1.29 is 14.5 Å². The third kappa shape index (κ3) is 3.10. The average Bonchev–Trinajstić information content (AvgIpc) is 2.69. The molecule has 1 aliphatic heterocycles. The van der Waals surface area contributed by atoms with E-state index in [1.165, 1.54) is 30.0 Å². The van der Waals surface area contributed by atoms with E-state index in [1.54, 1.807) is 0 Å². The fourth-order valence-corrected chi connectivity index (χ4v) is 3.18. The number of hydrogen-bond acceptors (Lipinski definition) is 5. The van der Waals surface area contributed by atoms with Crippen LogP contribution in [0.3, 0.4) is 0 Å². The normalized spacial score (nSPS) is 18.4. The Bertz CT molecular complexity index is 593. The third-order valence-corrected chi connectivity index (χ3v) is 4.15. The summed E-state index contributed by atoms with van der Waals surface area (Å²) in [5.41, 5.74) is 0.192. The van der Waals surface area contributed by atoms with Crippen molar-refractivity contribution in [3.8, 4) is 0 Å². The summed E-state index contributed by atoms with van der Waals surface area (Å²) in [5.74, 6) is -0.189. The van der Waals surface area contributed by atoms with E-state index in [0.717, 1.165) is 11.8 Å². The molecular formula is C12H11ClN2O4S. The second-order valence-electron chi connectivity index (χ2n) is 4.33. The molecule has 0 radical (unpaired) electrons. The Labute approximate surface area is 124 Å². The maximum absolute atomic E-state index is 12.0. The predicted molar refractivity (Wildman–Crippen MR) is 77.1 cm³/mol. The first-order chi connectivity index (χ1) is 9.38. The molecule has 0 spiro atoms. The SMILES string of the molecule is CC(=O)SC1CC(=O)N(c2cc([N+](=O)[O-])ccc2Cl)C1. The molecule has 0 saturated carbocycles. The zero-order valence-corrected chi connectivity index (χ0v) is 12.1. The van der Waals surface area contributed by atoms with Crippen molar-refractivity contribution in [2.75, 3.05) is 11.4 Å². The number of thioether (sulfide) groups is 1. The molecule has 20 heavy (non-hydrogen) atoms. The molecule has 106 valence electrons. The van der Waals surface area contributed by atoms with Crippen LogP contribution in [0.4, 0.5) is 11.4 Å². The Morgan fingerprint density at radius 2 is 2.25 bits per heavy atom. The highest BCUT2D eigenvalue weighted by molar-refractivity contribution is 8.14. The number of carbonyl (C=O) groups is 2. The quantitative estimate of drug-likeness (QED) is 0.633. The summed E-state index contributed by atoms with van der Waals surface area (Å²) in [6.07, 6.45) is 0.225. The highest BCUT2D eigenvalue weighted by atomic mass is 35.5. The molecule has 1 saturated heterocycles. The Morgan fingerprint density at radius 3 is 2.85 bits per heavy atom. The minimum Gasteiger partial charge on any atom is -0.310 e. The van der Waals surface area contributed by atoms with Gasteiger partial charge in [-0.15, -0.1) is 0 Å². The molecule has 8 heteroatoms. The molecule has 1 aliphatic rings. The number of nitro groups is 1. The van der Waals surface area contributed by atoms with Crippen molar-refractivity contribution >= 4 is 45.8 Å². The van der Waals surface area contributed by atoms with Gasteiger partial charge in [-0.25, -0.2) is 0 Å². The molecule has 1 aromatic carbocycles. The van der Waals surface area contributed by atoms with Gasteiger partial charge < -0.3 is 4.90 Å². The lowest BCUT2D eigenvalue weighted by Gasteiger charge is -2.17. The van der Waals surface area contributed by atoms with Gasteiger partial charge in [-0.1, -0.05) is 23.4 Å². The van der Waals surface area contributed by atoms with Gasteiger partial charge in [0.15, 0.2) is 5.12 Å². The summed E-state index contributed by atoms with van der Waals surface area (Å²) >= 11 is 7.11. The fourth-order valence-electron chi connectivity index (χ4n) is 2.04. The standard InChI is InChI=1S/C12H11ClN2O4S/c1-7(16)20-9-5-12(17)14(6-9)11-4-8(15(18)19)2-3-10(11)13/h2-4,9H,5-6H2,1H3. The van der Waals surface area contributed by atoms with Gasteiger partial charge in [-0.05, 0) is 6.07 Å². The largest absolute Gasteiger partial charge is 0.310 e. The van der Waals surface area contributed by atoms with E-state index in [1.807, 2.05) is 0 Å². The number of nitrogens with zero attached hydrogens (tertiary/aromatic N) is 2. The van der Waals surface area contributed by atoms with Crippen molar-refractivity contribution in [2.45, 2.75) is 18.6 Å². The zero-order chi connectivity index (χ0) is 14.9. The van der Waals surface area contributed by atoms with Crippen LogP contribution in [0.25, 0.3) is 0 Å². The molecule has 6 nitrogen and oxygen atoms in total. The molecule has 0 aromatic heterocycles. The molecule has 1 unspecified atom stereocenters. The first-order valence-electron chi connectivity index (χ1n) is 5.80. The van der Waals surface area contributed by atoms with Gasteiger partial charge in [0, 0.05) is 37.3 Å². The molecule has 1 fully saturated rings. The van der Waals surface area contributed by atoms with Gasteiger partial charge in [0.1, 0.15) is 0 Å². The summed E-state index contributed by atoms with van der Waals surface area (Å²) < 4.78 is 0. The fraction of sp³-hybridized carbons (Fsp3) is 0.333. The molecule has 1 atom stereocenters. The third-order valence-electron chi connectivity index (χ3n) is 2.85. The van der Waals surface area contributed by atoms with Gasteiger partial charge >= 0.3 is 0 Å². The van der Waals surface area contributed by atoms with Crippen molar-refractivity contribution in [3.05, 3.63) is 33.3 Å². The van der Waals surface area contributed by atoms with Crippen LogP contribution in [0.15, 0.2) is 18.2 Å². The number of anilines is 1. The van der Waals surface area contributed by atoms with Gasteiger partial charge in [-0.3, -0.25) is 19.7 Å². The first kappa shape index (κ1) is 14.8. The maximum atomic E-state index is 12.0. The van der Waals surface area contributed by atoms with E-state index in [-0.39, 0.29) is 33.4 Å². The van der Waals surface area contributed by atoms with E-state index >= 15 is 0 Å². The Morgan fingerprint density at radius 1 is 1.55 bits per heavy atom. The van der Waals surface area contributed by atoms with Crippen LogP contribution in [-0.4, -0.2) is 27.7 Å². The number of carbonyl (C=O) groups excluding carboxylic acids is 2. The van der Waals surface area contributed by atoms with Crippen molar-refractivity contribution in [1.29, 1.82) is 0 Å². The highest BCUT2D eigenvalue weighted by Crippen LogP contribution is 2.35. The first-order valence-corrected chi connectivity index (χ1v) is 7.05. The molecule has 1 heterocycles. The summed E-state index contributed by atoms with van der Waals surface area (Å²) in [7, 11) is 0. The molecule has 2 rings (SSSR count). The Balaban J connectivity index is 2.27. The van der Waals surface area contributed by atoms with Crippen LogP contribution in [-0.2, 0) is 9.59 Å². The van der Waals surface area contributed by atoms with Gasteiger partial charge in [0.2, 0.25) is 5.91 Å². The van der Waals surface area contributed by atoms with Crippen LogP contribution < -0.4 is 4.90 Å². The van der Waals surface area contributed by atoms with Crippen LogP contribution in [0.1, 0.15) is 13.3 Å². The molecule has 0 bridgehead atoms. The lowest BCUT2D eigenvalue weighted by atomic mass is 10.2. The van der Waals surface area contributed by atoms with Gasteiger partial charge in [-0.2, -0.15) is 0 Å². The minimum atomic E-state index is -0.540. The summed E-state index contributed by atoms with van der Waals surface area (Å²) in [4.78, 5) is 34.7. The highest BCUT2D eigenvalue weighted by Gasteiger charge is 2.33. The summed E-state index contributed by atoms with van der Waals surface area (Å²) in [6.45, 7) is 1.77. The minimum absolute atomic E-state index is 0.0604. The molecular weight excluding hydrogens is 304 g/mol. The predicted octanol–water partition coefficient (Wildman–Crippen LogP) is 2.63. The number of non-ortho nitro benzene ring substituents is 1. The monoisotopic (exact) mass is 314 g/mol. The maximum Gasteiger partial charge on any atom is 0.271 e. The van der Waals surface area contributed by atoms with E-state index in [9.17, 15) is 19.7 Å². The number of amides is 1. The lowest BCUT2D eigenvalue weighted by molar-refractivity contribution is -0.384. The Kier molecular flexibility index (Phi) is 4.29. The van der Waals surface area contributed by atoms with E-state index in [2.05, 4.69) is 0 Å². The molecule has 1 amide bonds. The number of nitro benzene ring substituents is 1. The molecule has 1 aromatic rings.